The zero-order valence-electron chi connectivity index (χ0n) is 11.7. The molecule has 1 aliphatic heterocycles. The molecule has 0 aromatic carbocycles. The summed E-state index contributed by atoms with van der Waals surface area (Å²) in [6.07, 6.45) is 11.5. The highest BCUT2D eigenvalue weighted by Crippen LogP contribution is 2.27. The van der Waals surface area contributed by atoms with Crippen LogP contribution in [0.3, 0.4) is 0 Å². The minimum atomic E-state index is 0.507. The van der Waals surface area contributed by atoms with Gasteiger partial charge in [-0.2, -0.15) is 4.98 Å². The molecule has 106 valence electrons. The predicted octanol–water partition coefficient (Wildman–Crippen LogP) is 3.05. The van der Waals surface area contributed by atoms with Gasteiger partial charge in [-0.3, -0.25) is 0 Å². The van der Waals surface area contributed by atoms with Crippen molar-refractivity contribution in [2.75, 3.05) is 13.1 Å². The molecule has 2 aliphatic rings. The summed E-state index contributed by atoms with van der Waals surface area (Å²) in [5.41, 5.74) is 0. The lowest BCUT2D eigenvalue weighted by molar-refractivity contribution is 0.331. The number of piperidine rings is 1. The van der Waals surface area contributed by atoms with Gasteiger partial charge in [0.15, 0.2) is 5.82 Å². The molecule has 4 nitrogen and oxygen atoms in total. The molecule has 2 fully saturated rings. The summed E-state index contributed by atoms with van der Waals surface area (Å²) >= 11 is 0. The van der Waals surface area contributed by atoms with Gasteiger partial charge in [-0.05, 0) is 44.7 Å². The van der Waals surface area contributed by atoms with Gasteiger partial charge in [-0.15, -0.1) is 0 Å². The number of nitrogens with zero attached hydrogens (tertiary/aromatic N) is 2. The van der Waals surface area contributed by atoms with Gasteiger partial charge < -0.3 is 9.84 Å². The van der Waals surface area contributed by atoms with Crippen molar-refractivity contribution >= 4 is 0 Å². The minimum Gasteiger partial charge on any atom is -0.339 e. The Hall–Kier alpha value is -0.900. The van der Waals surface area contributed by atoms with Crippen LogP contribution in [0.4, 0.5) is 0 Å². The first-order valence-corrected chi connectivity index (χ1v) is 7.95. The Balaban J connectivity index is 1.57. The average Bonchev–Trinajstić information content (AvgIpc) is 2.76. The smallest absolute Gasteiger partial charge is 0.226 e. The van der Waals surface area contributed by atoms with Crippen molar-refractivity contribution in [2.24, 2.45) is 5.92 Å². The Morgan fingerprint density at radius 3 is 2.47 bits per heavy atom. The first kappa shape index (κ1) is 13.1. The summed E-state index contributed by atoms with van der Waals surface area (Å²) in [5.74, 6) is 3.10. The summed E-state index contributed by atoms with van der Waals surface area (Å²) < 4.78 is 5.48. The van der Waals surface area contributed by atoms with E-state index in [4.69, 9.17) is 4.52 Å². The summed E-state index contributed by atoms with van der Waals surface area (Å²) in [4.78, 5) is 4.65. The first-order chi connectivity index (χ1) is 9.42. The van der Waals surface area contributed by atoms with E-state index in [1.54, 1.807) is 0 Å². The highest BCUT2D eigenvalue weighted by Gasteiger charge is 2.22. The van der Waals surface area contributed by atoms with Crippen molar-refractivity contribution in [1.29, 1.82) is 0 Å². The Morgan fingerprint density at radius 2 is 1.74 bits per heavy atom. The van der Waals surface area contributed by atoms with Crippen LogP contribution >= 0.6 is 0 Å². The molecule has 1 saturated carbocycles. The van der Waals surface area contributed by atoms with Gasteiger partial charge >= 0.3 is 0 Å². The maximum Gasteiger partial charge on any atom is 0.226 e. The van der Waals surface area contributed by atoms with Gasteiger partial charge in [0.2, 0.25) is 5.89 Å². The second-order valence-electron chi connectivity index (χ2n) is 6.13. The highest BCUT2D eigenvalue weighted by atomic mass is 16.5. The van der Waals surface area contributed by atoms with Gasteiger partial charge in [-0.1, -0.05) is 30.8 Å². The van der Waals surface area contributed by atoms with E-state index in [1.807, 2.05) is 0 Å². The standard InChI is InChI=1S/C15H25N3O/c1-2-4-6-12(5-3-1)11-14-17-15(18-19-14)13-7-9-16-10-8-13/h12-13,16H,1-11H2. The molecule has 0 spiro atoms. The Bertz CT molecular complexity index is 376. The molecule has 0 bridgehead atoms. The van der Waals surface area contributed by atoms with Gasteiger partial charge in [-0.25, -0.2) is 0 Å². The van der Waals surface area contributed by atoms with Crippen LogP contribution in [0.2, 0.25) is 0 Å². The molecule has 0 unspecified atom stereocenters. The van der Waals surface area contributed by atoms with Crippen LogP contribution in [0.5, 0.6) is 0 Å². The summed E-state index contributed by atoms with van der Waals surface area (Å²) in [6.45, 7) is 2.16. The van der Waals surface area contributed by atoms with Crippen molar-refractivity contribution in [3.05, 3.63) is 11.7 Å². The van der Waals surface area contributed by atoms with Gasteiger partial charge in [0.1, 0.15) is 0 Å². The number of aromatic nitrogens is 2. The van der Waals surface area contributed by atoms with Crippen LogP contribution in [0, 0.1) is 5.92 Å². The maximum absolute atomic E-state index is 5.48. The van der Waals surface area contributed by atoms with Crippen molar-refractivity contribution in [3.8, 4) is 0 Å². The van der Waals surface area contributed by atoms with Crippen molar-refractivity contribution in [2.45, 2.75) is 63.7 Å². The molecule has 1 N–H and O–H groups in total. The van der Waals surface area contributed by atoms with Crippen LogP contribution in [0.1, 0.15) is 69.0 Å². The molecular formula is C15H25N3O. The number of rotatable bonds is 3. The molecule has 19 heavy (non-hydrogen) atoms. The molecule has 2 heterocycles. The SMILES string of the molecule is C1CCCC(Cc2nc(C3CCNCC3)no2)CC1. The number of hydrogen-bond acceptors (Lipinski definition) is 4. The van der Waals surface area contributed by atoms with E-state index in [0.717, 1.165) is 50.0 Å². The quantitative estimate of drug-likeness (QED) is 0.852. The average molecular weight is 263 g/mol. The first-order valence-electron chi connectivity index (χ1n) is 7.95. The molecule has 1 aromatic rings. The maximum atomic E-state index is 5.48. The molecule has 1 saturated heterocycles. The lowest BCUT2D eigenvalue weighted by Gasteiger charge is -2.19. The van der Waals surface area contributed by atoms with E-state index >= 15 is 0 Å². The van der Waals surface area contributed by atoms with Crippen LogP contribution in [-0.4, -0.2) is 23.2 Å². The predicted molar refractivity (Wildman–Crippen MR) is 74.0 cm³/mol. The third-order valence-electron chi connectivity index (χ3n) is 4.63. The third kappa shape index (κ3) is 3.56. The highest BCUT2D eigenvalue weighted by molar-refractivity contribution is 4.98. The van der Waals surface area contributed by atoms with Crippen LogP contribution in [0.25, 0.3) is 0 Å². The number of hydrogen-bond donors (Lipinski definition) is 1. The van der Waals surface area contributed by atoms with E-state index in [0.29, 0.717) is 5.92 Å². The molecule has 3 rings (SSSR count). The van der Waals surface area contributed by atoms with E-state index < -0.39 is 0 Å². The lowest BCUT2D eigenvalue weighted by Crippen LogP contribution is -2.27. The molecule has 0 atom stereocenters. The summed E-state index contributed by atoms with van der Waals surface area (Å²) in [5, 5.41) is 7.59. The van der Waals surface area contributed by atoms with Crippen LogP contribution < -0.4 is 5.32 Å². The van der Waals surface area contributed by atoms with Gasteiger partial charge in [0.05, 0.1) is 0 Å². The Labute approximate surface area is 115 Å². The van der Waals surface area contributed by atoms with E-state index in [2.05, 4.69) is 15.5 Å². The Kier molecular flexibility index (Phi) is 4.49. The lowest BCUT2D eigenvalue weighted by atomic mass is 9.96. The molecule has 0 amide bonds. The second kappa shape index (κ2) is 6.51. The van der Waals surface area contributed by atoms with Crippen molar-refractivity contribution in [3.63, 3.8) is 0 Å². The van der Waals surface area contributed by atoms with Gasteiger partial charge in [0.25, 0.3) is 0 Å². The van der Waals surface area contributed by atoms with Gasteiger partial charge in [0, 0.05) is 12.3 Å². The summed E-state index contributed by atoms with van der Waals surface area (Å²) in [6, 6.07) is 0. The monoisotopic (exact) mass is 263 g/mol. The van der Waals surface area contributed by atoms with Crippen molar-refractivity contribution in [1.82, 2.24) is 15.5 Å². The van der Waals surface area contributed by atoms with E-state index in [-0.39, 0.29) is 0 Å². The molecule has 1 aromatic heterocycles. The fraction of sp³-hybridized carbons (Fsp3) is 0.867. The normalized spacial score (nSPS) is 23.4. The molecule has 4 heteroatoms. The number of nitrogens with one attached hydrogen (secondary N) is 1. The summed E-state index contributed by atoms with van der Waals surface area (Å²) in [7, 11) is 0. The Morgan fingerprint density at radius 1 is 1.00 bits per heavy atom. The fourth-order valence-corrected chi connectivity index (χ4v) is 3.41. The third-order valence-corrected chi connectivity index (χ3v) is 4.63. The molecular weight excluding hydrogens is 238 g/mol. The van der Waals surface area contributed by atoms with E-state index in [9.17, 15) is 0 Å². The largest absolute Gasteiger partial charge is 0.339 e. The molecule has 1 aliphatic carbocycles. The van der Waals surface area contributed by atoms with Crippen LogP contribution in [0.15, 0.2) is 4.52 Å². The molecule has 0 radical (unpaired) electrons. The zero-order valence-corrected chi connectivity index (χ0v) is 11.7. The second-order valence-corrected chi connectivity index (χ2v) is 6.13. The minimum absolute atomic E-state index is 0.507. The van der Waals surface area contributed by atoms with Crippen molar-refractivity contribution < 1.29 is 4.52 Å². The topological polar surface area (TPSA) is 51.0 Å². The fourth-order valence-electron chi connectivity index (χ4n) is 3.41. The van der Waals surface area contributed by atoms with Crippen LogP contribution in [-0.2, 0) is 6.42 Å². The van der Waals surface area contributed by atoms with E-state index in [1.165, 1.54) is 38.5 Å². The zero-order chi connectivity index (χ0) is 12.9.